The molecule has 0 unspecified atom stereocenters. The van der Waals surface area contributed by atoms with Crippen LogP contribution in [-0.4, -0.2) is 51.5 Å². The van der Waals surface area contributed by atoms with Crippen LogP contribution in [0.4, 0.5) is 0 Å². The Hall–Kier alpha value is -2.19. The van der Waals surface area contributed by atoms with Gasteiger partial charge in [-0.2, -0.15) is 0 Å². The van der Waals surface area contributed by atoms with E-state index >= 15 is 0 Å². The topological polar surface area (TPSA) is 88.1 Å². The van der Waals surface area contributed by atoms with Crippen LogP contribution in [0, 0.1) is 0 Å². The van der Waals surface area contributed by atoms with E-state index in [0.29, 0.717) is 0 Å². The van der Waals surface area contributed by atoms with Crippen molar-refractivity contribution in [3.63, 3.8) is 0 Å². The quantitative estimate of drug-likeness (QED) is 0.240. The number of esters is 3. The highest BCUT2D eigenvalue weighted by Gasteiger charge is 2.40. The van der Waals surface area contributed by atoms with Gasteiger partial charge in [-0.15, -0.1) is 0 Å². The molecule has 122 valence electrons. The number of ether oxygens (including phenoxy) is 3. The zero-order valence-corrected chi connectivity index (χ0v) is 13.5. The standard InChI is InChI=1S/C14H20O7Si/c1-5-12(15)18-9-22(21-8-4,10-19-13(16)6-2)11-20-14(17)7-3/h5-7H,1-3,8-11H2,4H3. The van der Waals surface area contributed by atoms with E-state index in [2.05, 4.69) is 19.7 Å². The third-order valence-electron chi connectivity index (χ3n) is 2.38. The van der Waals surface area contributed by atoms with E-state index in [1.54, 1.807) is 6.92 Å². The first-order valence-electron chi connectivity index (χ1n) is 6.44. The molecule has 0 amide bonds. The van der Waals surface area contributed by atoms with E-state index in [-0.39, 0.29) is 25.3 Å². The zero-order chi connectivity index (χ0) is 17.0. The summed E-state index contributed by atoms with van der Waals surface area (Å²) in [5.41, 5.74) is 0. The van der Waals surface area contributed by atoms with Gasteiger partial charge in [0, 0.05) is 24.8 Å². The molecule has 0 spiro atoms. The van der Waals surface area contributed by atoms with Crippen LogP contribution in [-0.2, 0) is 33.0 Å². The van der Waals surface area contributed by atoms with Gasteiger partial charge < -0.3 is 18.6 Å². The van der Waals surface area contributed by atoms with E-state index in [1.165, 1.54) is 0 Å². The molecule has 0 saturated carbocycles. The maximum atomic E-state index is 11.2. The van der Waals surface area contributed by atoms with Crippen molar-refractivity contribution < 1.29 is 33.0 Å². The molecule has 0 aliphatic carbocycles. The summed E-state index contributed by atoms with van der Waals surface area (Å²) in [4.78, 5) is 33.7. The summed E-state index contributed by atoms with van der Waals surface area (Å²) in [7, 11) is -3.01. The summed E-state index contributed by atoms with van der Waals surface area (Å²) in [5.74, 6) is -1.95. The highest BCUT2D eigenvalue weighted by Crippen LogP contribution is 2.10. The van der Waals surface area contributed by atoms with Crippen LogP contribution in [0.2, 0.25) is 0 Å². The molecule has 0 radical (unpaired) electrons. The molecule has 0 aromatic carbocycles. The number of hydrogen-bond donors (Lipinski definition) is 0. The number of rotatable bonds is 11. The molecule has 0 bridgehead atoms. The second-order valence-corrected chi connectivity index (χ2v) is 7.57. The second kappa shape index (κ2) is 10.5. The lowest BCUT2D eigenvalue weighted by Gasteiger charge is -2.28. The first-order chi connectivity index (χ1) is 10.4. The average molecular weight is 328 g/mol. The van der Waals surface area contributed by atoms with Crippen molar-refractivity contribution in [2.45, 2.75) is 6.92 Å². The molecule has 0 aromatic rings. The molecule has 0 heterocycles. The van der Waals surface area contributed by atoms with E-state index in [1.807, 2.05) is 0 Å². The Balaban J connectivity index is 5.03. The smallest absolute Gasteiger partial charge is 0.329 e. The summed E-state index contributed by atoms with van der Waals surface area (Å²) in [6, 6.07) is 0. The van der Waals surface area contributed by atoms with Crippen LogP contribution < -0.4 is 0 Å². The molecular weight excluding hydrogens is 308 g/mol. The summed E-state index contributed by atoms with van der Waals surface area (Å²) in [6.07, 6.45) is 2.53. The minimum Gasteiger partial charge on any atom is -0.463 e. The van der Waals surface area contributed by atoms with Crippen molar-refractivity contribution in [2.24, 2.45) is 0 Å². The summed E-state index contributed by atoms with van der Waals surface area (Å²) < 4.78 is 20.6. The average Bonchev–Trinajstić information content (AvgIpc) is 2.54. The minimum atomic E-state index is -3.01. The minimum absolute atomic E-state index is 0.152. The van der Waals surface area contributed by atoms with Crippen LogP contribution in [0.15, 0.2) is 38.0 Å². The van der Waals surface area contributed by atoms with Crippen molar-refractivity contribution in [2.75, 3.05) is 25.3 Å². The summed E-state index contributed by atoms with van der Waals surface area (Å²) in [6.45, 7) is 11.9. The predicted octanol–water partition coefficient (Wildman–Crippen LogP) is 0.774. The molecule has 0 N–H and O–H groups in total. The molecule has 0 atom stereocenters. The normalized spacial score (nSPS) is 10.2. The maximum absolute atomic E-state index is 11.2. The Morgan fingerprint density at radius 3 is 1.36 bits per heavy atom. The van der Waals surface area contributed by atoms with Gasteiger partial charge in [-0.3, -0.25) is 0 Å². The van der Waals surface area contributed by atoms with Crippen molar-refractivity contribution in [1.82, 2.24) is 0 Å². The largest absolute Gasteiger partial charge is 0.463 e. The van der Waals surface area contributed by atoms with Crippen molar-refractivity contribution >= 4 is 26.2 Å². The Bertz CT molecular complexity index is 385. The predicted molar refractivity (Wildman–Crippen MR) is 80.8 cm³/mol. The van der Waals surface area contributed by atoms with Crippen molar-refractivity contribution in [3.05, 3.63) is 38.0 Å². The first kappa shape index (κ1) is 19.8. The van der Waals surface area contributed by atoms with Crippen LogP contribution in [0.3, 0.4) is 0 Å². The molecule has 22 heavy (non-hydrogen) atoms. The third kappa shape index (κ3) is 7.55. The first-order valence-corrected chi connectivity index (χ1v) is 8.97. The van der Waals surface area contributed by atoms with E-state index in [9.17, 15) is 14.4 Å². The van der Waals surface area contributed by atoms with Crippen molar-refractivity contribution in [3.8, 4) is 0 Å². The molecule has 7 nitrogen and oxygen atoms in total. The van der Waals surface area contributed by atoms with Crippen LogP contribution in [0.5, 0.6) is 0 Å². The Morgan fingerprint density at radius 2 is 1.14 bits per heavy atom. The lowest BCUT2D eigenvalue weighted by atomic mass is 10.7. The van der Waals surface area contributed by atoms with Gasteiger partial charge in [0.05, 0.1) is 0 Å². The maximum Gasteiger partial charge on any atom is 0.329 e. The SMILES string of the molecule is C=CC(=O)OC[Si](COC(=O)C=C)(COC(=O)C=C)OCC. The molecule has 0 aliphatic rings. The highest BCUT2D eigenvalue weighted by atomic mass is 28.4. The van der Waals surface area contributed by atoms with Gasteiger partial charge in [-0.25, -0.2) is 14.4 Å². The molecule has 0 fully saturated rings. The fraction of sp³-hybridized carbons (Fsp3) is 0.357. The Labute approximate surface area is 130 Å². The van der Waals surface area contributed by atoms with Crippen LogP contribution in [0.25, 0.3) is 0 Å². The lowest BCUT2D eigenvalue weighted by molar-refractivity contribution is -0.137. The molecule has 8 heteroatoms. The van der Waals surface area contributed by atoms with Gasteiger partial charge in [-0.1, -0.05) is 19.7 Å². The highest BCUT2D eigenvalue weighted by molar-refractivity contribution is 6.74. The van der Waals surface area contributed by atoms with Gasteiger partial charge in [0.25, 0.3) is 0 Å². The number of carbonyl (C=O) groups is 3. The lowest BCUT2D eigenvalue weighted by Crippen LogP contribution is -2.54. The van der Waals surface area contributed by atoms with Gasteiger partial charge in [0.1, 0.15) is 18.7 Å². The summed E-state index contributed by atoms with van der Waals surface area (Å²) >= 11 is 0. The van der Waals surface area contributed by atoms with Gasteiger partial charge in [-0.05, 0) is 6.92 Å². The number of carbonyl (C=O) groups excluding carboxylic acids is 3. The monoisotopic (exact) mass is 328 g/mol. The van der Waals surface area contributed by atoms with Gasteiger partial charge in [0.15, 0.2) is 0 Å². The Kier molecular flexibility index (Phi) is 9.47. The van der Waals surface area contributed by atoms with Gasteiger partial charge in [0.2, 0.25) is 0 Å². The van der Waals surface area contributed by atoms with Crippen LogP contribution in [0.1, 0.15) is 6.92 Å². The zero-order valence-electron chi connectivity index (χ0n) is 12.5. The van der Waals surface area contributed by atoms with E-state index in [0.717, 1.165) is 18.2 Å². The molecule has 0 aromatic heterocycles. The van der Waals surface area contributed by atoms with E-state index in [4.69, 9.17) is 18.6 Å². The molecule has 0 saturated heterocycles. The molecule has 0 rings (SSSR count). The molecule has 0 aliphatic heterocycles. The summed E-state index contributed by atoms with van der Waals surface area (Å²) in [5, 5.41) is 0. The number of hydrogen-bond acceptors (Lipinski definition) is 7. The second-order valence-electron chi connectivity index (χ2n) is 4.05. The fourth-order valence-corrected chi connectivity index (χ4v) is 3.67. The van der Waals surface area contributed by atoms with Crippen LogP contribution >= 0.6 is 0 Å². The Morgan fingerprint density at radius 1 is 0.818 bits per heavy atom. The molecular formula is C14H20O7Si. The third-order valence-corrected chi connectivity index (χ3v) is 5.30. The fourth-order valence-electron chi connectivity index (χ4n) is 1.34. The van der Waals surface area contributed by atoms with Gasteiger partial charge >= 0.3 is 26.2 Å². The van der Waals surface area contributed by atoms with E-state index < -0.39 is 26.2 Å². The van der Waals surface area contributed by atoms with Crippen molar-refractivity contribution in [1.29, 1.82) is 0 Å².